The van der Waals surface area contributed by atoms with Crippen molar-refractivity contribution < 1.29 is 4.74 Å². The molecule has 0 bridgehead atoms. The lowest BCUT2D eigenvalue weighted by molar-refractivity contribution is 0.0593. The van der Waals surface area contributed by atoms with Crippen LogP contribution in [0.1, 0.15) is 40.0 Å². The Morgan fingerprint density at radius 2 is 2.06 bits per heavy atom. The number of hydrogen-bond donors (Lipinski definition) is 1. The van der Waals surface area contributed by atoms with Crippen LogP contribution in [0.4, 0.5) is 0 Å². The van der Waals surface area contributed by atoms with E-state index in [1.807, 2.05) is 0 Å². The molecule has 0 saturated carbocycles. The molecule has 0 aromatic rings. The van der Waals surface area contributed by atoms with Crippen LogP contribution in [-0.2, 0) is 4.74 Å². The summed E-state index contributed by atoms with van der Waals surface area (Å²) >= 11 is 0. The molecular formula is C13H28N2O. The van der Waals surface area contributed by atoms with Crippen LogP contribution in [0.15, 0.2) is 0 Å². The third kappa shape index (κ3) is 4.04. The lowest BCUT2D eigenvalue weighted by Crippen LogP contribution is -2.47. The summed E-state index contributed by atoms with van der Waals surface area (Å²) in [5.41, 5.74) is 0. The van der Waals surface area contributed by atoms with Crippen molar-refractivity contribution in [2.75, 3.05) is 26.8 Å². The van der Waals surface area contributed by atoms with E-state index in [1.54, 1.807) is 0 Å². The monoisotopic (exact) mass is 228 g/mol. The first-order valence-electron chi connectivity index (χ1n) is 6.72. The first-order valence-corrected chi connectivity index (χ1v) is 6.72. The van der Waals surface area contributed by atoms with E-state index < -0.39 is 0 Å². The second-order valence-electron chi connectivity index (χ2n) is 4.95. The van der Waals surface area contributed by atoms with E-state index in [1.165, 1.54) is 19.3 Å². The van der Waals surface area contributed by atoms with Gasteiger partial charge in [-0.25, -0.2) is 0 Å². The fourth-order valence-electron chi connectivity index (χ4n) is 2.57. The van der Waals surface area contributed by atoms with Gasteiger partial charge in [-0.15, -0.1) is 0 Å². The number of hydrogen-bond acceptors (Lipinski definition) is 3. The molecule has 1 fully saturated rings. The summed E-state index contributed by atoms with van der Waals surface area (Å²) in [5.74, 6) is 0. The highest BCUT2D eigenvalue weighted by Crippen LogP contribution is 2.14. The molecule has 1 aliphatic rings. The van der Waals surface area contributed by atoms with Crippen LogP contribution in [0.5, 0.6) is 0 Å². The average Bonchev–Trinajstić information content (AvgIpc) is 2.31. The van der Waals surface area contributed by atoms with Crippen molar-refractivity contribution in [3.63, 3.8) is 0 Å². The van der Waals surface area contributed by atoms with E-state index in [-0.39, 0.29) is 0 Å². The molecule has 1 N–H and O–H groups in total. The molecule has 1 rings (SSSR count). The van der Waals surface area contributed by atoms with Crippen LogP contribution in [0.3, 0.4) is 0 Å². The summed E-state index contributed by atoms with van der Waals surface area (Å²) in [5, 5.41) is 3.53. The van der Waals surface area contributed by atoms with Crippen molar-refractivity contribution >= 4 is 0 Å². The maximum Gasteiger partial charge on any atom is 0.0620 e. The SMILES string of the molecule is CCC(CC)N(C)C(C)CC1COCCN1. The molecule has 16 heavy (non-hydrogen) atoms. The number of rotatable bonds is 6. The highest BCUT2D eigenvalue weighted by atomic mass is 16.5. The maximum atomic E-state index is 5.49. The summed E-state index contributed by atoms with van der Waals surface area (Å²) in [6.07, 6.45) is 3.67. The van der Waals surface area contributed by atoms with Crippen LogP contribution >= 0.6 is 0 Å². The van der Waals surface area contributed by atoms with Crippen molar-refractivity contribution in [2.24, 2.45) is 0 Å². The van der Waals surface area contributed by atoms with Crippen molar-refractivity contribution in [1.29, 1.82) is 0 Å². The van der Waals surface area contributed by atoms with E-state index in [2.05, 4.69) is 38.0 Å². The first-order chi connectivity index (χ1) is 7.69. The van der Waals surface area contributed by atoms with E-state index in [4.69, 9.17) is 4.74 Å². The molecule has 0 radical (unpaired) electrons. The summed E-state index contributed by atoms with van der Waals surface area (Å²) in [6.45, 7) is 9.63. The van der Waals surface area contributed by atoms with E-state index in [9.17, 15) is 0 Å². The van der Waals surface area contributed by atoms with Crippen LogP contribution in [0.2, 0.25) is 0 Å². The zero-order valence-corrected chi connectivity index (χ0v) is 11.3. The lowest BCUT2D eigenvalue weighted by atomic mass is 10.0. The smallest absolute Gasteiger partial charge is 0.0620 e. The van der Waals surface area contributed by atoms with Gasteiger partial charge in [0, 0.05) is 24.7 Å². The fourth-order valence-corrected chi connectivity index (χ4v) is 2.57. The number of nitrogens with one attached hydrogen (secondary N) is 1. The molecule has 0 aliphatic carbocycles. The largest absolute Gasteiger partial charge is 0.379 e. The van der Waals surface area contributed by atoms with Gasteiger partial charge in [-0.1, -0.05) is 13.8 Å². The third-order valence-corrected chi connectivity index (χ3v) is 3.84. The number of ether oxygens (including phenoxy) is 1. The van der Waals surface area contributed by atoms with Gasteiger partial charge in [-0.3, -0.25) is 0 Å². The Balaban J connectivity index is 2.34. The minimum absolute atomic E-state index is 0.542. The highest BCUT2D eigenvalue weighted by Gasteiger charge is 2.21. The predicted molar refractivity (Wildman–Crippen MR) is 68.8 cm³/mol. The van der Waals surface area contributed by atoms with Crippen molar-refractivity contribution in [3.05, 3.63) is 0 Å². The molecule has 0 aromatic heterocycles. The maximum absolute atomic E-state index is 5.49. The van der Waals surface area contributed by atoms with Crippen molar-refractivity contribution in [3.8, 4) is 0 Å². The van der Waals surface area contributed by atoms with Gasteiger partial charge in [0.25, 0.3) is 0 Å². The molecule has 96 valence electrons. The fraction of sp³-hybridized carbons (Fsp3) is 1.00. The van der Waals surface area contributed by atoms with Crippen molar-refractivity contribution in [1.82, 2.24) is 10.2 Å². The average molecular weight is 228 g/mol. The quantitative estimate of drug-likeness (QED) is 0.751. The molecule has 2 atom stereocenters. The second kappa shape index (κ2) is 7.25. The van der Waals surface area contributed by atoms with Crippen molar-refractivity contribution in [2.45, 2.75) is 58.2 Å². The summed E-state index contributed by atoms with van der Waals surface area (Å²) in [6, 6.07) is 1.89. The van der Waals surface area contributed by atoms with Gasteiger partial charge in [0.2, 0.25) is 0 Å². The Kier molecular flexibility index (Phi) is 6.32. The van der Waals surface area contributed by atoms with Gasteiger partial charge >= 0.3 is 0 Å². The van der Waals surface area contributed by atoms with Gasteiger partial charge in [0.15, 0.2) is 0 Å². The summed E-state index contributed by atoms with van der Waals surface area (Å²) in [4.78, 5) is 2.52. The van der Waals surface area contributed by atoms with Crippen LogP contribution < -0.4 is 5.32 Å². The van der Waals surface area contributed by atoms with Gasteiger partial charge in [-0.05, 0) is 33.2 Å². The summed E-state index contributed by atoms with van der Waals surface area (Å²) < 4.78 is 5.49. The molecule has 1 saturated heterocycles. The lowest BCUT2D eigenvalue weighted by Gasteiger charge is -2.35. The number of nitrogens with zero attached hydrogens (tertiary/aromatic N) is 1. The van der Waals surface area contributed by atoms with Crippen LogP contribution in [0, 0.1) is 0 Å². The molecule has 0 aromatic carbocycles. The van der Waals surface area contributed by atoms with E-state index in [0.29, 0.717) is 12.1 Å². The summed E-state index contributed by atoms with van der Waals surface area (Å²) in [7, 11) is 2.26. The Morgan fingerprint density at radius 1 is 1.38 bits per heavy atom. The van der Waals surface area contributed by atoms with Gasteiger partial charge in [-0.2, -0.15) is 0 Å². The van der Waals surface area contributed by atoms with Gasteiger partial charge < -0.3 is 15.0 Å². The van der Waals surface area contributed by atoms with Gasteiger partial charge in [0.1, 0.15) is 0 Å². The first kappa shape index (κ1) is 13.9. The normalized spacial score (nSPS) is 24.0. The van der Waals surface area contributed by atoms with Crippen LogP contribution in [0.25, 0.3) is 0 Å². The van der Waals surface area contributed by atoms with E-state index in [0.717, 1.165) is 25.8 Å². The molecule has 3 nitrogen and oxygen atoms in total. The standard InChI is InChI=1S/C13H28N2O/c1-5-13(6-2)15(4)11(3)9-12-10-16-8-7-14-12/h11-14H,5-10H2,1-4H3. The van der Waals surface area contributed by atoms with Gasteiger partial charge in [0.05, 0.1) is 13.2 Å². The van der Waals surface area contributed by atoms with Crippen LogP contribution in [-0.4, -0.2) is 49.8 Å². The topological polar surface area (TPSA) is 24.5 Å². The Bertz CT molecular complexity index is 177. The second-order valence-corrected chi connectivity index (χ2v) is 4.95. The Labute approximate surface area is 101 Å². The Hall–Kier alpha value is -0.120. The zero-order valence-electron chi connectivity index (χ0n) is 11.3. The minimum atomic E-state index is 0.542. The molecule has 0 amide bonds. The number of morpholine rings is 1. The zero-order chi connectivity index (χ0) is 12.0. The molecule has 1 heterocycles. The molecule has 3 heteroatoms. The van der Waals surface area contributed by atoms with E-state index >= 15 is 0 Å². The predicted octanol–water partition coefficient (Wildman–Crippen LogP) is 1.87. The Morgan fingerprint density at radius 3 is 2.56 bits per heavy atom. The molecular weight excluding hydrogens is 200 g/mol. The highest BCUT2D eigenvalue weighted by molar-refractivity contribution is 4.79. The third-order valence-electron chi connectivity index (χ3n) is 3.84. The molecule has 0 spiro atoms. The molecule has 2 unspecified atom stereocenters. The minimum Gasteiger partial charge on any atom is -0.379 e. The molecule has 1 aliphatic heterocycles.